The summed E-state index contributed by atoms with van der Waals surface area (Å²) in [5, 5.41) is 19.2. The van der Waals surface area contributed by atoms with Gasteiger partial charge in [-0.25, -0.2) is 0 Å². The predicted molar refractivity (Wildman–Crippen MR) is 51.0 cm³/mol. The highest BCUT2D eigenvalue weighted by Gasteiger charge is 2.20. The average Bonchev–Trinajstić information content (AvgIpc) is 2.09. The molecule has 0 bridgehead atoms. The van der Waals surface area contributed by atoms with Crippen LogP contribution >= 0.6 is 15.9 Å². The molecule has 0 unspecified atom stereocenters. The van der Waals surface area contributed by atoms with Crippen LogP contribution < -0.4 is 0 Å². The molecular weight excluding hydrogens is 238 g/mol. The van der Waals surface area contributed by atoms with Gasteiger partial charge in [0.05, 0.1) is 0 Å². The summed E-state index contributed by atoms with van der Waals surface area (Å²) in [6.07, 6.45) is 0. The van der Waals surface area contributed by atoms with Gasteiger partial charge in [0, 0.05) is 15.0 Å². The van der Waals surface area contributed by atoms with Gasteiger partial charge in [-0.3, -0.25) is 10.1 Å². The van der Waals surface area contributed by atoms with E-state index in [-0.39, 0.29) is 0 Å². The van der Waals surface area contributed by atoms with Crippen LogP contribution in [0.1, 0.15) is 11.6 Å². The maximum atomic E-state index is 10.4. The van der Waals surface area contributed by atoms with Crippen LogP contribution in [-0.4, -0.2) is 16.6 Å². The maximum Gasteiger partial charge on any atom is 0.260 e. The van der Waals surface area contributed by atoms with Crippen molar-refractivity contribution in [3.8, 4) is 0 Å². The van der Waals surface area contributed by atoms with E-state index in [0.29, 0.717) is 5.56 Å². The molecule has 0 amide bonds. The van der Waals surface area contributed by atoms with E-state index < -0.39 is 17.6 Å². The minimum absolute atomic E-state index is 0.478. The number of halogens is 1. The standard InChI is InChI=1S/C8H8BrNO3/c9-7-3-1-6(2-4-7)8(5-11)10(12)13/h1-4,8,11H,5H2/t8-/m1/s1. The SMILES string of the molecule is O=[N+]([O-])[C@H](CO)c1ccc(Br)cc1. The van der Waals surface area contributed by atoms with Gasteiger partial charge in [0.25, 0.3) is 6.04 Å². The molecule has 1 aromatic carbocycles. The fraction of sp³-hybridized carbons (Fsp3) is 0.250. The third-order valence-electron chi connectivity index (χ3n) is 1.68. The summed E-state index contributed by atoms with van der Waals surface area (Å²) >= 11 is 3.22. The van der Waals surface area contributed by atoms with E-state index in [1.54, 1.807) is 24.3 Å². The lowest BCUT2D eigenvalue weighted by Crippen LogP contribution is -2.14. The van der Waals surface area contributed by atoms with E-state index in [0.717, 1.165) is 4.47 Å². The Labute approximate surface area is 83.5 Å². The number of aliphatic hydroxyl groups is 1. The van der Waals surface area contributed by atoms with Crippen molar-refractivity contribution >= 4 is 15.9 Å². The molecule has 0 aromatic heterocycles. The zero-order valence-corrected chi connectivity index (χ0v) is 8.27. The van der Waals surface area contributed by atoms with Gasteiger partial charge in [-0.05, 0) is 12.1 Å². The Kier molecular flexibility index (Phi) is 3.39. The summed E-state index contributed by atoms with van der Waals surface area (Å²) in [6.45, 7) is -0.478. The molecule has 1 atom stereocenters. The van der Waals surface area contributed by atoms with Gasteiger partial charge < -0.3 is 5.11 Å². The Morgan fingerprint density at radius 2 is 2.00 bits per heavy atom. The third-order valence-corrected chi connectivity index (χ3v) is 2.21. The van der Waals surface area contributed by atoms with Crippen molar-refractivity contribution in [3.05, 3.63) is 44.4 Å². The lowest BCUT2D eigenvalue weighted by molar-refractivity contribution is -0.532. The Balaban J connectivity index is 2.92. The van der Waals surface area contributed by atoms with Crippen LogP contribution in [0.4, 0.5) is 0 Å². The third kappa shape index (κ3) is 2.50. The quantitative estimate of drug-likeness (QED) is 0.652. The molecule has 13 heavy (non-hydrogen) atoms. The van der Waals surface area contributed by atoms with Gasteiger partial charge in [0.1, 0.15) is 6.61 Å². The van der Waals surface area contributed by atoms with Crippen LogP contribution in [0.5, 0.6) is 0 Å². The van der Waals surface area contributed by atoms with Crippen molar-refractivity contribution < 1.29 is 10.0 Å². The minimum atomic E-state index is -1.02. The van der Waals surface area contributed by atoms with Crippen LogP contribution in [0.2, 0.25) is 0 Å². The molecule has 0 aliphatic rings. The number of nitro groups is 1. The first-order valence-electron chi connectivity index (χ1n) is 3.65. The molecule has 0 saturated carbocycles. The highest BCUT2D eigenvalue weighted by Crippen LogP contribution is 2.18. The van der Waals surface area contributed by atoms with Crippen molar-refractivity contribution in [2.24, 2.45) is 0 Å². The molecule has 1 N–H and O–H groups in total. The van der Waals surface area contributed by atoms with Crippen LogP contribution in [0.3, 0.4) is 0 Å². The Morgan fingerprint density at radius 1 is 1.46 bits per heavy atom. The van der Waals surface area contributed by atoms with Crippen molar-refractivity contribution in [1.29, 1.82) is 0 Å². The van der Waals surface area contributed by atoms with Crippen LogP contribution in [-0.2, 0) is 0 Å². The van der Waals surface area contributed by atoms with Crippen LogP contribution in [0.15, 0.2) is 28.7 Å². The summed E-state index contributed by atoms with van der Waals surface area (Å²) in [6, 6.07) is 5.64. The topological polar surface area (TPSA) is 63.4 Å². The van der Waals surface area contributed by atoms with Gasteiger partial charge in [-0.2, -0.15) is 0 Å². The van der Waals surface area contributed by atoms with Crippen LogP contribution in [0.25, 0.3) is 0 Å². The molecule has 0 radical (unpaired) electrons. The molecule has 0 spiro atoms. The minimum Gasteiger partial charge on any atom is -0.389 e. The molecule has 1 aromatic rings. The van der Waals surface area contributed by atoms with Crippen molar-refractivity contribution in [2.45, 2.75) is 6.04 Å². The lowest BCUT2D eigenvalue weighted by Gasteiger charge is -2.05. The molecular formula is C8H8BrNO3. The Hall–Kier alpha value is -0.940. The maximum absolute atomic E-state index is 10.4. The largest absolute Gasteiger partial charge is 0.389 e. The Bertz CT molecular complexity index is 299. The molecule has 0 fully saturated rings. The number of rotatable bonds is 3. The van der Waals surface area contributed by atoms with Gasteiger partial charge in [0.15, 0.2) is 0 Å². The highest BCUT2D eigenvalue weighted by molar-refractivity contribution is 9.10. The monoisotopic (exact) mass is 245 g/mol. The fourth-order valence-electron chi connectivity index (χ4n) is 0.979. The summed E-state index contributed by atoms with van der Waals surface area (Å²) in [7, 11) is 0. The molecule has 0 aliphatic carbocycles. The van der Waals surface area contributed by atoms with Crippen molar-refractivity contribution in [1.82, 2.24) is 0 Å². The average molecular weight is 246 g/mol. The van der Waals surface area contributed by atoms with Gasteiger partial charge in [0.2, 0.25) is 0 Å². The summed E-state index contributed by atoms with van der Waals surface area (Å²) in [5.74, 6) is 0. The zero-order chi connectivity index (χ0) is 9.84. The molecule has 4 nitrogen and oxygen atoms in total. The second-order valence-corrected chi connectivity index (χ2v) is 3.45. The van der Waals surface area contributed by atoms with E-state index in [1.165, 1.54) is 0 Å². The first-order valence-corrected chi connectivity index (χ1v) is 4.44. The van der Waals surface area contributed by atoms with E-state index in [4.69, 9.17) is 5.11 Å². The molecule has 0 heterocycles. The van der Waals surface area contributed by atoms with Gasteiger partial charge >= 0.3 is 0 Å². The molecule has 1 rings (SSSR count). The lowest BCUT2D eigenvalue weighted by atomic mass is 10.1. The molecule has 70 valence electrons. The first-order chi connectivity index (χ1) is 6.15. The van der Waals surface area contributed by atoms with Gasteiger partial charge in [-0.1, -0.05) is 28.1 Å². The number of benzene rings is 1. The number of hydrogen-bond acceptors (Lipinski definition) is 3. The first kappa shape index (κ1) is 10.1. The second-order valence-electron chi connectivity index (χ2n) is 2.54. The number of hydrogen-bond donors (Lipinski definition) is 1. The van der Waals surface area contributed by atoms with Crippen LogP contribution in [0, 0.1) is 10.1 Å². The predicted octanol–water partition coefficient (Wildman–Crippen LogP) is 1.76. The fourth-order valence-corrected chi connectivity index (χ4v) is 1.24. The number of aliphatic hydroxyl groups excluding tert-OH is 1. The number of nitrogens with zero attached hydrogens (tertiary/aromatic N) is 1. The normalized spacial score (nSPS) is 12.5. The van der Waals surface area contributed by atoms with Gasteiger partial charge in [-0.15, -0.1) is 0 Å². The second kappa shape index (κ2) is 4.34. The zero-order valence-electron chi connectivity index (χ0n) is 6.68. The smallest absolute Gasteiger partial charge is 0.260 e. The summed E-state index contributed by atoms with van der Waals surface area (Å²) < 4.78 is 0.858. The van der Waals surface area contributed by atoms with Crippen molar-refractivity contribution in [3.63, 3.8) is 0 Å². The van der Waals surface area contributed by atoms with Crippen molar-refractivity contribution in [2.75, 3.05) is 6.61 Å². The highest BCUT2D eigenvalue weighted by atomic mass is 79.9. The molecule has 0 saturated heterocycles. The van der Waals surface area contributed by atoms with E-state index in [9.17, 15) is 10.1 Å². The summed E-state index contributed by atoms with van der Waals surface area (Å²) in [5.41, 5.74) is 0.510. The molecule has 5 heteroatoms. The molecule has 0 aliphatic heterocycles. The van der Waals surface area contributed by atoms with E-state index in [2.05, 4.69) is 15.9 Å². The summed E-state index contributed by atoms with van der Waals surface area (Å²) in [4.78, 5) is 9.95. The van der Waals surface area contributed by atoms with E-state index >= 15 is 0 Å². The Morgan fingerprint density at radius 3 is 2.38 bits per heavy atom. The van der Waals surface area contributed by atoms with E-state index in [1.807, 2.05) is 0 Å².